The van der Waals surface area contributed by atoms with Gasteiger partial charge in [0.15, 0.2) is 0 Å². The van der Waals surface area contributed by atoms with Gasteiger partial charge in [0.1, 0.15) is 6.10 Å². The number of carboxylic acid groups (broad SMARTS) is 1. The number of hydrogen-bond donors (Lipinski definition) is 4. The van der Waals surface area contributed by atoms with E-state index in [1.165, 1.54) is 32.1 Å². The molecule has 0 saturated heterocycles. The average Bonchev–Trinajstić information content (AvgIpc) is 2.86. The lowest BCUT2D eigenvalue weighted by atomic mass is 9.85. The van der Waals surface area contributed by atoms with Gasteiger partial charge in [0.25, 0.3) is 5.91 Å². The van der Waals surface area contributed by atoms with Crippen molar-refractivity contribution in [2.75, 3.05) is 26.7 Å². The van der Waals surface area contributed by atoms with Crippen LogP contribution in [0.4, 0.5) is 4.79 Å². The molecular formula is C27H35Cl2N3O4. The summed E-state index contributed by atoms with van der Waals surface area (Å²) < 4.78 is 6.02. The van der Waals surface area contributed by atoms with Crippen molar-refractivity contribution in [1.82, 2.24) is 16.0 Å². The van der Waals surface area contributed by atoms with E-state index < -0.39 is 12.2 Å². The number of amides is 2. The van der Waals surface area contributed by atoms with Crippen LogP contribution in [-0.4, -0.2) is 49.9 Å². The zero-order chi connectivity index (χ0) is 25.9. The molecule has 4 N–H and O–H groups in total. The van der Waals surface area contributed by atoms with Crippen molar-refractivity contribution < 1.29 is 19.4 Å². The van der Waals surface area contributed by atoms with E-state index in [-0.39, 0.29) is 25.1 Å². The van der Waals surface area contributed by atoms with Crippen molar-refractivity contribution >= 4 is 35.2 Å². The standard InChI is InChI=1S/C27H35Cl2N3O4/c1-30-24(12-18-6-3-2-4-7-18)17-32-26(33)21-13-20(15-23(29)16-21)25(36-11-10-31-27(34)35)19-8-5-9-22(28)14-19/h5,8-9,13-16,18,24-25,30-31H,2-4,6-7,10-12,17H2,1H3,(H,32,33)(H,34,35)/t24-,25?/m0/s1. The van der Waals surface area contributed by atoms with Crippen LogP contribution in [0.1, 0.15) is 66.1 Å². The molecule has 2 amide bonds. The largest absolute Gasteiger partial charge is 0.465 e. The first-order chi connectivity index (χ1) is 17.4. The fourth-order valence-electron chi connectivity index (χ4n) is 4.73. The van der Waals surface area contributed by atoms with E-state index in [1.807, 2.05) is 19.2 Å². The van der Waals surface area contributed by atoms with Gasteiger partial charge in [-0.1, -0.05) is 67.4 Å². The molecule has 0 heterocycles. The quantitative estimate of drug-likeness (QED) is 0.263. The van der Waals surface area contributed by atoms with Gasteiger partial charge < -0.3 is 25.8 Å². The highest BCUT2D eigenvalue weighted by molar-refractivity contribution is 6.31. The van der Waals surface area contributed by atoms with E-state index >= 15 is 0 Å². The number of likely N-dealkylation sites (N-methyl/N-ethyl adjacent to an activating group) is 1. The predicted octanol–water partition coefficient (Wildman–Crippen LogP) is 5.66. The first-order valence-corrected chi connectivity index (χ1v) is 13.2. The topological polar surface area (TPSA) is 99.7 Å². The Morgan fingerprint density at radius 1 is 1.03 bits per heavy atom. The molecule has 36 heavy (non-hydrogen) atoms. The lowest BCUT2D eigenvalue weighted by Crippen LogP contribution is -2.40. The van der Waals surface area contributed by atoms with Crippen molar-refractivity contribution in [3.05, 3.63) is 69.2 Å². The third-order valence-electron chi connectivity index (χ3n) is 6.56. The van der Waals surface area contributed by atoms with Crippen LogP contribution in [0.3, 0.4) is 0 Å². The molecule has 7 nitrogen and oxygen atoms in total. The zero-order valence-corrected chi connectivity index (χ0v) is 22.1. The molecule has 2 aromatic rings. The molecule has 0 spiro atoms. The van der Waals surface area contributed by atoms with Gasteiger partial charge in [-0.05, 0) is 60.8 Å². The van der Waals surface area contributed by atoms with Gasteiger partial charge in [-0.2, -0.15) is 0 Å². The Morgan fingerprint density at radius 2 is 1.78 bits per heavy atom. The summed E-state index contributed by atoms with van der Waals surface area (Å²) in [4.78, 5) is 23.9. The summed E-state index contributed by atoms with van der Waals surface area (Å²) in [5.74, 6) is 0.497. The molecule has 0 radical (unpaired) electrons. The molecule has 0 aliphatic heterocycles. The monoisotopic (exact) mass is 535 g/mol. The number of ether oxygens (including phenoxy) is 1. The lowest BCUT2D eigenvalue weighted by molar-refractivity contribution is 0.0813. The molecule has 1 aliphatic rings. The minimum absolute atomic E-state index is 0.118. The van der Waals surface area contributed by atoms with Crippen LogP contribution in [0.15, 0.2) is 42.5 Å². The molecule has 1 unspecified atom stereocenters. The maximum atomic E-state index is 13.1. The summed E-state index contributed by atoms with van der Waals surface area (Å²) in [6.07, 6.45) is 5.77. The number of rotatable bonds is 12. The van der Waals surface area contributed by atoms with Crippen molar-refractivity contribution in [2.24, 2.45) is 5.92 Å². The number of hydrogen-bond acceptors (Lipinski definition) is 4. The maximum absolute atomic E-state index is 13.1. The Bertz CT molecular complexity index is 1010. The zero-order valence-electron chi connectivity index (χ0n) is 20.6. The van der Waals surface area contributed by atoms with Gasteiger partial charge in [-0.3, -0.25) is 4.79 Å². The Kier molecular flexibility index (Phi) is 11.3. The minimum atomic E-state index is -1.12. The first kappa shape index (κ1) is 28.3. The van der Waals surface area contributed by atoms with Crippen LogP contribution in [0.5, 0.6) is 0 Å². The van der Waals surface area contributed by atoms with Crippen LogP contribution in [0.25, 0.3) is 0 Å². The van der Waals surface area contributed by atoms with E-state index in [4.69, 9.17) is 33.0 Å². The number of halogens is 2. The summed E-state index contributed by atoms with van der Waals surface area (Å²) in [6.45, 7) is 0.776. The highest BCUT2D eigenvalue weighted by Crippen LogP contribution is 2.31. The van der Waals surface area contributed by atoms with Crippen molar-refractivity contribution in [1.29, 1.82) is 0 Å². The van der Waals surface area contributed by atoms with Gasteiger partial charge in [0.05, 0.1) is 6.61 Å². The van der Waals surface area contributed by atoms with Gasteiger partial charge in [-0.25, -0.2) is 4.79 Å². The summed E-state index contributed by atoms with van der Waals surface area (Å²) >= 11 is 12.6. The van der Waals surface area contributed by atoms with Crippen molar-refractivity contribution in [3.63, 3.8) is 0 Å². The van der Waals surface area contributed by atoms with E-state index in [1.54, 1.807) is 30.3 Å². The third kappa shape index (κ3) is 8.96. The van der Waals surface area contributed by atoms with Gasteiger partial charge >= 0.3 is 6.09 Å². The summed E-state index contributed by atoms with van der Waals surface area (Å²) in [7, 11) is 1.93. The van der Waals surface area contributed by atoms with Crippen LogP contribution in [-0.2, 0) is 4.74 Å². The number of carbonyl (C=O) groups excluding carboxylic acids is 1. The second kappa shape index (κ2) is 14.4. The molecule has 196 valence electrons. The Hall–Kier alpha value is -2.32. The summed E-state index contributed by atoms with van der Waals surface area (Å²) in [6, 6.07) is 12.6. The van der Waals surface area contributed by atoms with Crippen LogP contribution >= 0.6 is 23.2 Å². The highest BCUT2D eigenvalue weighted by Gasteiger charge is 2.21. The van der Waals surface area contributed by atoms with Crippen LogP contribution in [0.2, 0.25) is 10.0 Å². The maximum Gasteiger partial charge on any atom is 0.404 e. The normalized spacial score (nSPS) is 15.8. The minimum Gasteiger partial charge on any atom is -0.465 e. The summed E-state index contributed by atoms with van der Waals surface area (Å²) in [5, 5.41) is 18.5. The number of carbonyl (C=O) groups is 2. The SMILES string of the molecule is CN[C@H](CNC(=O)c1cc(Cl)cc(C(OCCNC(=O)O)c2cccc(Cl)c2)c1)CC1CCCCC1. The molecule has 0 aromatic heterocycles. The number of nitrogens with one attached hydrogen (secondary N) is 3. The third-order valence-corrected chi connectivity index (χ3v) is 7.01. The molecule has 3 rings (SSSR count). The lowest BCUT2D eigenvalue weighted by Gasteiger charge is -2.26. The van der Waals surface area contributed by atoms with Gasteiger partial charge in [0.2, 0.25) is 0 Å². The van der Waals surface area contributed by atoms with Gasteiger partial charge in [0, 0.05) is 34.7 Å². The fourth-order valence-corrected chi connectivity index (χ4v) is 5.17. The molecule has 0 bridgehead atoms. The first-order valence-electron chi connectivity index (χ1n) is 12.5. The number of benzene rings is 2. The second-order valence-electron chi connectivity index (χ2n) is 9.25. The molecule has 1 fully saturated rings. The van der Waals surface area contributed by atoms with Crippen LogP contribution in [0, 0.1) is 5.92 Å². The second-order valence-corrected chi connectivity index (χ2v) is 10.1. The van der Waals surface area contributed by atoms with E-state index in [9.17, 15) is 9.59 Å². The molecule has 1 aliphatic carbocycles. The molecule has 9 heteroatoms. The Balaban J connectivity index is 1.72. The van der Waals surface area contributed by atoms with Crippen molar-refractivity contribution in [2.45, 2.75) is 50.7 Å². The smallest absolute Gasteiger partial charge is 0.404 e. The van der Waals surface area contributed by atoms with E-state index in [2.05, 4.69) is 16.0 Å². The molecule has 2 aromatic carbocycles. The van der Waals surface area contributed by atoms with E-state index in [0.717, 1.165) is 12.0 Å². The highest BCUT2D eigenvalue weighted by atomic mass is 35.5. The Morgan fingerprint density at radius 3 is 2.47 bits per heavy atom. The van der Waals surface area contributed by atoms with E-state index in [0.29, 0.717) is 33.6 Å². The van der Waals surface area contributed by atoms with Crippen molar-refractivity contribution in [3.8, 4) is 0 Å². The molecule has 1 saturated carbocycles. The molecular weight excluding hydrogens is 501 g/mol. The fraction of sp³-hybridized carbons (Fsp3) is 0.481. The average molecular weight is 537 g/mol. The molecule has 2 atom stereocenters. The van der Waals surface area contributed by atoms with Gasteiger partial charge in [-0.15, -0.1) is 0 Å². The Labute approximate surface area is 222 Å². The van der Waals surface area contributed by atoms with Crippen LogP contribution < -0.4 is 16.0 Å². The summed E-state index contributed by atoms with van der Waals surface area (Å²) in [5.41, 5.74) is 1.89. The predicted molar refractivity (Wildman–Crippen MR) is 143 cm³/mol.